The zero-order chi connectivity index (χ0) is 11.8. The minimum absolute atomic E-state index is 0.948. The molecule has 0 unspecified atom stereocenters. The van der Waals surface area contributed by atoms with Gasteiger partial charge in [0.05, 0.1) is 10.2 Å². The number of hydrogen-bond donors (Lipinski definition) is 0. The van der Waals surface area contributed by atoms with Gasteiger partial charge in [0.25, 0.3) is 0 Å². The molecule has 3 rings (SSSR count). The van der Waals surface area contributed by atoms with E-state index in [0.29, 0.717) is 0 Å². The maximum Gasteiger partial charge on any atom is 0.151 e. The Balaban J connectivity index is 2.22. The Labute approximate surface area is 108 Å². The first-order chi connectivity index (χ1) is 8.24. The van der Waals surface area contributed by atoms with Crippen molar-refractivity contribution in [3.63, 3.8) is 0 Å². The van der Waals surface area contributed by atoms with Crippen molar-refractivity contribution < 1.29 is 0 Å². The van der Waals surface area contributed by atoms with Crippen LogP contribution in [0.5, 0.6) is 0 Å². The van der Waals surface area contributed by atoms with Crippen LogP contribution in [0.15, 0.2) is 53.3 Å². The van der Waals surface area contributed by atoms with E-state index in [1.807, 2.05) is 22.7 Å². The molecule has 2 aromatic heterocycles. The van der Waals surface area contributed by atoms with E-state index >= 15 is 0 Å². The maximum atomic E-state index is 4.64. The molecule has 0 aliphatic carbocycles. The van der Waals surface area contributed by atoms with Crippen molar-refractivity contribution in [3.8, 4) is 11.3 Å². The molecule has 2 heterocycles. The van der Waals surface area contributed by atoms with Crippen LogP contribution in [0.25, 0.3) is 16.9 Å². The second kappa shape index (κ2) is 4.00. The summed E-state index contributed by atoms with van der Waals surface area (Å²) in [6.07, 6.45) is 4.06. The number of imidazole rings is 1. The average molecular weight is 287 g/mol. The molecule has 0 aliphatic heterocycles. The monoisotopic (exact) mass is 286 g/mol. The van der Waals surface area contributed by atoms with E-state index in [2.05, 4.69) is 58.3 Å². The molecule has 3 heteroatoms. The first kappa shape index (κ1) is 10.5. The topological polar surface area (TPSA) is 17.3 Å². The molecule has 0 atom stereocenters. The average Bonchev–Trinajstić information content (AvgIpc) is 2.74. The number of aromatic nitrogens is 2. The molecule has 17 heavy (non-hydrogen) atoms. The first-order valence-corrected chi connectivity index (χ1v) is 6.23. The number of fused-ring (bicyclic) bond motifs is 1. The van der Waals surface area contributed by atoms with Gasteiger partial charge in [-0.1, -0.05) is 23.8 Å². The van der Waals surface area contributed by atoms with Gasteiger partial charge in [0.1, 0.15) is 0 Å². The SMILES string of the molecule is Cc1cccc(-c2cn3cccc(Br)c3n2)c1. The lowest BCUT2D eigenvalue weighted by molar-refractivity contribution is 1.18. The lowest BCUT2D eigenvalue weighted by Gasteiger charge is -1.96. The van der Waals surface area contributed by atoms with Gasteiger partial charge in [-0.25, -0.2) is 4.98 Å². The Morgan fingerprint density at radius 2 is 2.06 bits per heavy atom. The van der Waals surface area contributed by atoms with Gasteiger partial charge >= 0.3 is 0 Å². The normalized spacial score (nSPS) is 10.9. The van der Waals surface area contributed by atoms with Gasteiger partial charge < -0.3 is 4.40 Å². The molecule has 0 N–H and O–H groups in total. The summed E-state index contributed by atoms with van der Waals surface area (Å²) < 4.78 is 3.04. The molecule has 0 saturated heterocycles. The maximum absolute atomic E-state index is 4.64. The Hall–Kier alpha value is -1.61. The molecule has 0 bridgehead atoms. The smallest absolute Gasteiger partial charge is 0.151 e. The Kier molecular flexibility index (Phi) is 2.48. The van der Waals surface area contributed by atoms with Crippen molar-refractivity contribution in [2.24, 2.45) is 0 Å². The van der Waals surface area contributed by atoms with E-state index < -0.39 is 0 Å². The van der Waals surface area contributed by atoms with E-state index in [-0.39, 0.29) is 0 Å². The summed E-state index contributed by atoms with van der Waals surface area (Å²) in [5.41, 5.74) is 4.35. The molecular formula is C14H11BrN2. The summed E-state index contributed by atoms with van der Waals surface area (Å²) in [7, 11) is 0. The van der Waals surface area contributed by atoms with Crippen LogP contribution in [-0.4, -0.2) is 9.38 Å². The third kappa shape index (κ3) is 1.87. The fraction of sp³-hybridized carbons (Fsp3) is 0.0714. The lowest BCUT2D eigenvalue weighted by Crippen LogP contribution is -1.80. The molecule has 0 spiro atoms. The molecule has 0 aliphatic rings. The molecule has 0 saturated carbocycles. The Morgan fingerprint density at radius 3 is 2.82 bits per heavy atom. The summed E-state index contributed by atoms with van der Waals surface area (Å²) in [6.45, 7) is 2.09. The van der Waals surface area contributed by atoms with Crippen molar-refractivity contribution in [1.82, 2.24) is 9.38 Å². The van der Waals surface area contributed by atoms with Gasteiger partial charge in [0, 0.05) is 18.0 Å². The van der Waals surface area contributed by atoms with Crippen LogP contribution < -0.4 is 0 Å². The van der Waals surface area contributed by atoms with Crippen LogP contribution >= 0.6 is 15.9 Å². The molecule has 2 nitrogen and oxygen atoms in total. The van der Waals surface area contributed by atoms with E-state index in [1.165, 1.54) is 5.56 Å². The Bertz CT molecular complexity index is 686. The van der Waals surface area contributed by atoms with Crippen LogP contribution in [-0.2, 0) is 0 Å². The highest BCUT2D eigenvalue weighted by molar-refractivity contribution is 9.10. The lowest BCUT2D eigenvalue weighted by atomic mass is 10.1. The zero-order valence-corrected chi connectivity index (χ0v) is 11.0. The van der Waals surface area contributed by atoms with Crippen molar-refractivity contribution in [2.75, 3.05) is 0 Å². The predicted octanol–water partition coefficient (Wildman–Crippen LogP) is 4.07. The van der Waals surface area contributed by atoms with Crippen LogP contribution in [0.4, 0.5) is 0 Å². The zero-order valence-electron chi connectivity index (χ0n) is 9.39. The standard InChI is InChI=1S/C14H11BrN2/c1-10-4-2-5-11(8-10)13-9-17-7-3-6-12(15)14(17)16-13/h2-9H,1H3. The van der Waals surface area contributed by atoms with E-state index in [0.717, 1.165) is 21.4 Å². The third-order valence-electron chi connectivity index (χ3n) is 2.75. The minimum Gasteiger partial charge on any atom is -0.306 e. The highest BCUT2D eigenvalue weighted by atomic mass is 79.9. The van der Waals surface area contributed by atoms with Crippen LogP contribution in [0.1, 0.15) is 5.56 Å². The molecule has 0 radical (unpaired) electrons. The molecular weight excluding hydrogens is 276 g/mol. The van der Waals surface area contributed by atoms with Crippen molar-refractivity contribution in [1.29, 1.82) is 0 Å². The summed E-state index contributed by atoms with van der Waals surface area (Å²) >= 11 is 3.51. The number of rotatable bonds is 1. The van der Waals surface area contributed by atoms with E-state index in [9.17, 15) is 0 Å². The summed E-state index contributed by atoms with van der Waals surface area (Å²) in [5, 5.41) is 0. The summed E-state index contributed by atoms with van der Waals surface area (Å²) in [6, 6.07) is 12.4. The van der Waals surface area contributed by atoms with Gasteiger partial charge in [-0.05, 0) is 41.1 Å². The van der Waals surface area contributed by atoms with Crippen molar-refractivity contribution in [2.45, 2.75) is 6.92 Å². The summed E-state index contributed by atoms with van der Waals surface area (Å²) in [5.74, 6) is 0. The van der Waals surface area contributed by atoms with Crippen molar-refractivity contribution in [3.05, 3.63) is 58.8 Å². The second-order valence-electron chi connectivity index (χ2n) is 4.08. The van der Waals surface area contributed by atoms with Gasteiger partial charge in [0.2, 0.25) is 0 Å². The number of aryl methyl sites for hydroxylation is 1. The van der Waals surface area contributed by atoms with Crippen LogP contribution in [0.2, 0.25) is 0 Å². The minimum atomic E-state index is 0.948. The van der Waals surface area contributed by atoms with Gasteiger partial charge in [-0.3, -0.25) is 0 Å². The van der Waals surface area contributed by atoms with Crippen LogP contribution in [0, 0.1) is 6.92 Å². The highest BCUT2D eigenvalue weighted by Gasteiger charge is 2.06. The number of hydrogen-bond acceptors (Lipinski definition) is 1. The fourth-order valence-electron chi connectivity index (χ4n) is 1.92. The van der Waals surface area contributed by atoms with Crippen molar-refractivity contribution >= 4 is 21.6 Å². The molecule has 0 fully saturated rings. The quantitative estimate of drug-likeness (QED) is 0.659. The second-order valence-corrected chi connectivity index (χ2v) is 4.94. The van der Waals surface area contributed by atoms with Crippen LogP contribution in [0.3, 0.4) is 0 Å². The fourth-order valence-corrected chi connectivity index (χ4v) is 2.37. The molecule has 3 aromatic rings. The van der Waals surface area contributed by atoms with Gasteiger partial charge in [-0.15, -0.1) is 0 Å². The highest BCUT2D eigenvalue weighted by Crippen LogP contribution is 2.23. The number of nitrogens with zero attached hydrogens (tertiary/aromatic N) is 2. The van der Waals surface area contributed by atoms with E-state index in [1.54, 1.807) is 0 Å². The first-order valence-electron chi connectivity index (χ1n) is 5.44. The number of benzene rings is 1. The van der Waals surface area contributed by atoms with Gasteiger partial charge in [0.15, 0.2) is 5.65 Å². The molecule has 1 aromatic carbocycles. The molecule has 84 valence electrons. The summed E-state index contributed by atoms with van der Waals surface area (Å²) in [4.78, 5) is 4.64. The largest absolute Gasteiger partial charge is 0.306 e. The molecule has 0 amide bonds. The van der Waals surface area contributed by atoms with Gasteiger partial charge in [-0.2, -0.15) is 0 Å². The van der Waals surface area contributed by atoms with E-state index in [4.69, 9.17) is 0 Å². The number of halogens is 1. The third-order valence-corrected chi connectivity index (χ3v) is 3.37. The predicted molar refractivity (Wildman–Crippen MR) is 73.1 cm³/mol. The number of pyridine rings is 1. The Morgan fingerprint density at radius 1 is 1.18 bits per heavy atom.